The van der Waals surface area contributed by atoms with Crippen molar-refractivity contribution in [3.05, 3.63) is 70.1 Å². The van der Waals surface area contributed by atoms with Crippen molar-refractivity contribution in [1.29, 1.82) is 0 Å². The molecule has 1 amide bonds. The smallest absolute Gasteiger partial charge is 0.336 e. The largest absolute Gasteiger partial charge is 0.748 e. The summed E-state index contributed by atoms with van der Waals surface area (Å²) in [5, 5.41) is 0.308. The summed E-state index contributed by atoms with van der Waals surface area (Å²) < 4.78 is 48.8. The number of ether oxygens (including phenoxy) is 3. The number of benzene rings is 1. The zero-order valence-electron chi connectivity index (χ0n) is 20.8. The van der Waals surface area contributed by atoms with Gasteiger partial charge in [-0.25, -0.2) is 18.2 Å². The van der Waals surface area contributed by atoms with Gasteiger partial charge in [0.1, 0.15) is 24.1 Å². The van der Waals surface area contributed by atoms with E-state index in [4.69, 9.17) is 25.8 Å². The van der Waals surface area contributed by atoms with E-state index in [1.807, 2.05) is 0 Å². The van der Waals surface area contributed by atoms with Gasteiger partial charge in [-0.3, -0.25) is 4.79 Å². The van der Waals surface area contributed by atoms with Crippen molar-refractivity contribution in [2.45, 2.75) is 44.8 Å². The summed E-state index contributed by atoms with van der Waals surface area (Å²) in [7, 11) is -4.36. The van der Waals surface area contributed by atoms with Crippen LogP contribution in [0.3, 0.4) is 0 Å². The predicted molar refractivity (Wildman–Crippen MR) is 136 cm³/mol. The van der Waals surface area contributed by atoms with E-state index in [2.05, 4.69) is 4.98 Å². The van der Waals surface area contributed by atoms with Gasteiger partial charge in [0.05, 0.1) is 34.1 Å². The quantitative estimate of drug-likeness (QED) is 0.242. The highest BCUT2D eigenvalue weighted by molar-refractivity contribution is 7.85. The molecule has 2 aliphatic heterocycles. The molecule has 4 rings (SSSR count). The van der Waals surface area contributed by atoms with Gasteiger partial charge in [-0.1, -0.05) is 29.8 Å². The molecular weight excluding hydrogens is 536 g/mol. The number of carbonyl (C=O) groups is 2. The van der Waals surface area contributed by atoms with Gasteiger partial charge >= 0.3 is 5.97 Å². The van der Waals surface area contributed by atoms with Crippen LogP contribution in [0, 0.1) is 0 Å². The van der Waals surface area contributed by atoms with Crippen LogP contribution in [0.2, 0.25) is 5.15 Å². The Balaban J connectivity index is 1.49. The Hall–Kier alpha value is -2.99. The topological polar surface area (TPSA) is 135 Å². The number of carbonyl (C=O) groups excluding carboxylic acids is 2. The lowest BCUT2D eigenvalue weighted by Crippen LogP contribution is -2.42. The van der Waals surface area contributed by atoms with Gasteiger partial charge < -0.3 is 23.7 Å². The highest BCUT2D eigenvalue weighted by Crippen LogP contribution is 2.37. The van der Waals surface area contributed by atoms with E-state index in [0.717, 1.165) is 12.8 Å². The highest BCUT2D eigenvalue weighted by atomic mass is 35.5. The fourth-order valence-electron chi connectivity index (χ4n) is 4.54. The van der Waals surface area contributed by atoms with Crippen molar-refractivity contribution in [2.75, 3.05) is 25.5 Å². The Morgan fingerprint density at radius 1 is 1.24 bits per heavy atom. The summed E-state index contributed by atoms with van der Waals surface area (Å²) >= 11 is 5.95. The van der Waals surface area contributed by atoms with Crippen LogP contribution < -0.4 is 4.74 Å². The Labute approximate surface area is 226 Å². The molecule has 0 saturated carbocycles. The van der Waals surface area contributed by atoms with E-state index >= 15 is 0 Å². The first-order chi connectivity index (χ1) is 18.1. The Kier molecular flexibility index (Phi) is 9.03. The Morgan fingerprint density at radius 2 is 2.00 bits per heavy atom. The molecule has 0 N–H and O–H groups in total. The fraction of sp³-hybridized carbons (Fsp3) is 0.423. The lowest BCUT2D eigenvalue weighted by molar-refractivity contribution is -0.141. The number of esters is 1. The minimum absolute atomic E-state index is 0.0316. The normalized spacial score (nSPS) is 20.1. The second-order valence-corrected chi connectivity index (χ2v) is 11.1. The standard InChI is InChI=1S/C26H29ClN2O8S/c1-17-25(26(31)37-16-18-4-7-20(8-5-18)36-11-12-38(32,33)34)22(19-6-9-23(27)28-14-19)13-24(30)29(17)15-21-3-2-10-35-21/h4-9,14,21-22H,2-3,10-13,15-16H2,1H3,(H,32,33,34)/p-1/t21?,22-/m0/s1. The van der Waals surface area contributed by atoms with E-state index in [-0.39, 0.29) is 31.6 Å². The first-order valence-electron chi connectivity index (χ1n) is 12.2. The molecule has 38 heavy (non-hydrogen) atoms. The molecule has 1 saturated heterocycles. The van der Waals surface area contributed by atoms with Crippen molar-refractivity contribution in [1.82, 2.24) is 9.88 Å². The van der Waals surface area contributed by atoms with Gasteiger partial charge in [0.2, 0.25) is 5.91 Å². The predicted octanol–water partition coefficient (Wildman–Crippen LogP) is 3.17. The van der Waals surface area contributed by atoms with Crippen molar-refractivity contribution < 1.29 is 36.8 Å². The van der Waals surface area contributed by atoms with Gasteiger partial charge in [-0.2, -0.15) is 0 Å². The number of halogens is 1. The second-order valence-electron chi connectivity index (χ2n) is 9.14. The van der Waals surface area contributed by atoms with Gasteiger partial charge in [0.25, 0.3) is 0 Å². The molecule has 2 aromatic rings. The molecule has 2 atom stereocenters. The molecular formula is C26H28ClN2O8S-. The van der Waals surface area contributed by atoms with Gasteiger partial charge in [-0.05, 0) is 49.1 Å². The fourth-order valence-corrected chi connectivity index (χ4v) is 4.94. The maximum Gasteiger partial charge on any atom is 0.336 e. The molecule has 0 spiro atoms. The number of nitrogens with zero attached hydrogens (tertiary/aromatic N) is 2. The van der Waals surface area contributed by atoms with Crippen molar-refractivity contribution in [3.8, 4) is 5.75 Å². The lowest BCUT2D eigenvalue weighted by atomic mass is 9.84. The van der Waals surface area contributed by atoms with Crippen molar-refractivity contribution in [3.63, 3.8) is 0 Å². The van der Waals surface area contributed by atoms with E-state index < -0.39 is 27.8 Å². The average Bonchev–Trinajstić information content (AvgIpc) is 3.39. The number of rotatable bonds is 10. The van der Waals surface area contributed by atoms with E-state index in [9.17, 15) is 22.6 Å². The maximum absolute atomic E-state index is 13.4. The van der Waals surface area contributed by atoms with Gasteiger partial charge in [0.15, 0.2) is 0 Å². The van der Waals surface area contributed by atoms with E-state index in [1.54, 1.807) is 54.4 Å². The van der Waals surface area contributed by atoms with Crippen LogP contribution >= 0.6 is 11.6 Å². The Morgan fingerprint density at radius 3 is 2.63 bits per heavy atom. The van der Waals surface area contributed by atoms with Crippen molar-refractivity contribution in [2.24, 2.45) is 0 Å². The molecule has 0 radical (unpaired) electrons. The summed E-state index contributed by atoms with van der Waals surface area (Å²) in [5.74, 6) is -1.43. The summed E-state index contributed by atoms with van der Waals surface area (Å²) in [6.07, 6.45) is 3.36. The summed E-state index contributed by atoms with van der Waals surface area (Å²) in [4.78, 5) is 32.3. The molecule has 0 bridgehead atoms. The third kappa shape index (κ3) is 7.31. The first kappa shape index (κ1) is 28.0. The third-order valence-electron chi connectivity index (χ3n) is 6.50. The minimum Gasteiger partial charge on any atom is -0.748 e. The summed E-state index contributed by atoms with van der Waals surface area (Å²) in [5.41, 5.74) is 2.27. The van der Waals surface area contributed by atoms with Crippen LogP contribution in [0.1, 0.15) is 43.2 Å². The summed E-state index contributed by atoms with van der Waals surface area (Å²) in [6.45, 7) is 2.49. The molecule has 3 heterocycles. The first-order valence-corrected chi connectivity index (χ1v) is 14.1. The molecule has 1 aromatic carbocycles. The molecule has 204 valence electrons. The van der Waals surface area contributed by atoms with Crippen LogP contribution in [0.5, 0.6) is 5.75 Å². The van der Waals surface area contributed by atoms with Crippen LogP contribution in [0.4, 0.5) is 0 Å². The van der Waals surface area contributed by atoms with Crippen LogP contribution in [-0.2, 0) is 35.8 Å². The molecule has 1 fully saturated rings. The number of allylic oxidation sites excluding steroid dienone is 1. The number of amides is 1. The zero-order valence-corrected chi connectivity index (χ0v) is 22.4. The molecule has 1 unspecified atom stereocenters. The Bertz CT molecular complexity index is 1290. The highest BCUT2D eigenvalue weighted by Gasteiger charge is 2.38. The van der Waals surface area contributed by atoms with E-state index in [0.29, 0.717) is 46.5 Å². The van der Waals surface area contributed by atoms with Crippen LogP contribution in [0.25, 0.3) is 0 Å². The lowest BCUT2D eigenvalue weighted by Gasteiger charge is -2.35. The maximum atomic E-state index is 13.4. The van der Waals surface area contributed by atoms with E-state index in [1.165, 1.54) is 0 Å². The number of hydrogen-bond acceptors (Lipinski definition) is 9. The number of pyridine rings is 1. The molecule has 10 nitrogen and oxygen atoms in total. The zero-order chi connectivity index (χ0) is 27.3. The second kappa shape index (κ2) is 12.2. The summed E-state index contributed by atoms with van der Waals surface area (Å²) in [6, 6.07) is 9.90. The van der Waals surface area contributed by atoms with Crippen LogP contribution in [-0.4, -0.2) is 66.3 Å². The third-order valence-corrected chi connectivity index (χ3v) is 7.39. The number of aromatic nitrogens is 1. The van der Waals surface area contributed by atoms with Crippen molar-refractivity contribution >= 4 is 33.6 Å². The molecule has 1 aromatic heterocycles. The molecule has 2 aliphatic rings. The monoisotopic (exact) mass is 563 g/mol. The molecule has 0 aliphatic carbocycles. The minimum atomic E-state index is -4.36. The molecule has 12 heteroatoms. The number of hydrogen-bond donors (Lipinski definition) is 0. The van der Waals surface area contributed by atoms with Crippen LogP contribution in [0.15, 0.2) is 53.9 Å². The SMILES string of the molecule is CC1=C(C(=O)OCc2ccc(OCCS(=O)(=O)[O-])cc2)[C@H](c2ccc(Cl)nc2)CC(=O)N1CC1CCCO1. The van der Waals surface area contributed by atoms with Gasteiger partial charge in [0, 0.05) is 30.8 Å². The van der Waals surface area contributed by atoms with Gasteiger partial charge in [-0.15, -0.1) is 0 Å². The average molecular weight is 564 g/mol.